The van der Waals surface area contributed by atoms with Crippen molar-refractivity contribution in [3.05, 3.63) is 102 Å². The number of ether oxygens (including phenoxy) is 2. The van der Waals surface area contributed by atoms with Gasteiger partial charge in [-0.05, 0) is 65.2 Å². The number of benzene rings is 3. The zero-order valence-electron chi connectivity index (χ0n) is 22.6. The topological polar surface area (TPSA) is 93.5 Å². The largest absolute Gasteiger partial charge is 0.487 e. The highest BCUT2D eigenvalue weighted by atomic mass is 35.5. The summed E-state index contributed by atoms with van der Waals surface area (Å²) in [5, 5.41) is 18.1. The molecule has 0 saturated heterocycles. The third-order valence-corrected chi connectivity index (χ3v) is 6.78. The van der Waals surface area contributed by atoms with E-state index in [9.17, 15) is 9.50 Å². The Bertz CT molecular complexity index is 1610. The van der Waals surface area contributed by atoms with Crippen molar-refractivity contribution in [2.45, 2.75) is 19.3 Å². The Morgan fingerprint density at radius 1 is 1.05 bits per heavy atom. The fourth-order valence-electron chi connectivity index (χ4n) is 4.43. The molecular formula is C31H31ClFN5O3. The van der Waals surface area contributed by atoms with Crippen molar-refractivity contribution in [2.24, 2.45) is 0 Å². The number of fused-ring (bicyclic) bond motifs is 1. The predicted octanol–water partition coefficient (Wildman–Crippen LogP) is 5.81. The van der Waals surface area contributed by atoms with E-state index in [1.165, 1.54) is 18.5 Å². The second-order valence-corrected chi connectivity index (χ2v) is 10.00. The lowest BCUT2D eigenvalue weighted by molar-refractivity contribution is 0.144. The highest BCUT2D eigenvalue weighted by molar-refractivity contribution is 6.32. The molecule has 0 aliphatic carbocycles. The zero-order chi connectivity index (χ0) is 28.6. The van der Waals surface area contributed by atoms with E-state index < -0.39 is 6.10 Å². The first-order valence-electron chi connectivity index (χ1n) is 13.2. The first-order chi connectivity index (χ1) is 20.0. The standard InChI is InChI=1S/C31H31ClFN5O3/c1-40-12-10-34-16-26(39)18-38-11-9-23(17-38)22-5-7-29-27(14-22)31(36-20-35-29)37-25-6-8-30(28(32)15-25)41-19-21-3-2-4-24(33)13-21/h2-9,11,13-15,17,20,26,34,39H,10,12,16,18-19H2,1H3,(H,35,36,37). The fraction of sp³-hybridized carbons (Fsp3) is 0.226. The van der Waals surface area contributed by atoms with Crippen molar-refractivity contribution in [1.82, 2.24) is 19.9 Å². The van der Waals surface area contributed by atoms with E-state index in [0.717, 1.165) is 27.7 Å². The first-order valence-corrected chi connectivity index (χ1v) is 13.6. The molecule has 5 aromatic rings. The van der Waals surface area contributed by atoms with Crippen LogP contribution in [0.5, 0.6) is 5.75 Å². The monoisotopic (exact) mass is 575 g/mol. The van der Waals surface area contributed by atoms with E-state index in [-0.39, 0.29) is 12.4 Å². The Hall–Kier alpha value is -4.02. The van der Waals surface area contributed by atoms with Gasteiger partial charge in [0.05, 0.1) is 23.3 Å². The summed E-state index contributed by atoms with van der Waals surface area (Å²) < 4.78 is 26.2. The number of aliphatic hydroxyl groups excluding tert-OH is 1. The smallest absolute Gasteiger partial charge is 0.141 e. The summed E-state index contributed by atoms with van der Waals surface area (Å²) in [5.74, 6) is 0.824. The summed E-state index contributed by atoms with van der Waals surface area (Å²) in [6.07, 6.45) is 4.97. The number of halogens is 2. The Morgan fingerprint density at radius 3 is 2.78 bits per heavy atom. The van der Waals surface area contributed by atoms with Gasteiger partial charge in [0.2, 0.25) is 0 Å². The molecule has 0 bridgehead atoms. The van der Waals surface area contributed by atoms with Gasteiger partial charge in [-0.2, -0.15) is 0 Å². The minimum atomic E-state index is -0.516. The molecule has 41 heavy (non-hydrogen) atoms. The van der Waals surface area contributed by atoms with Gasteiger partial charge in [0, 0.05) is 50.2 Å². The quantitative estimate of drug-likeness (QED) is 0.153. The molecule has 0 fully saturated rings. The number of methoxy groups -OCH3 is 1. The molecule has 5 rings (SSSR count). The summed E-state index contributed by atoms with van der Waals surface area (Å²) in [7, 11) is 1.65. The van der Waals surface area contributed by atoms with Gasteiger partial charge in [0.15, 0.2) is 0 Å². The number of rotatable bonds is 13. The van der Waals surface area contributed by atoms with E-state index in [1.54, 1.807) is 31.4 Å². The van der Waals surface area contributed by atoms with Gasteiger partial charge >= 0.3 is 0 Å². The van der Waals surface area contributed by atoms with Crippen LogP contribution in [0.1, 0.15) is 5.56 Å². The van der Waals surface area contributed by atoms with Crippen LogP contribution in [0, 0.1) is 5.82 Å². The van der Waals surface area contributed by atoms with Crippen LogP contribution in [0.4, 0.5) is 15.9 Å². The number of hydrogen-bond acceptors (Lipinski definition) is 7. The molecule has 212 valence electrons. The molecule has 3 aromatic carbocycles. The van der Waals surface area contributed by atoms with E-state index in [1.807, 2.05) is 47.3 Å². The fourth-order valence-corrected chi connectivity index (χ4v) is 4.67. The molecule has 0 amide bonds. The van der Waals surface area contributed by atoms with Crippen molar-refractivity contribution < 1.29 is 19.0 Å². The maximum atomic E-state index is 13.5. The Balaban J connectivity index is 1.28. The molecule has 0 saturated carbocycles. The summed E-state index contributed by atoms with van der Waals surface area (Å²) in [6.45, 7) is 2.47. The normalized spacial score (nSPS) is 12.0. The Kier molecular flexibility index (Phi) is 9.43. The molecule has 10 heteroatoms. The Morgan fingerprint density at radius 2 is 1.95 bits per heavy atom. The minimum absolute atomic E-state index is 0.204. The summed E-state index contributed by atoms with van der Waals surface area (Å²) in [4.78, 5) is 8.89. The van der Waals surface area contributed by atoms with Gasteiger partial charge < -0.3 is 29.8 Å². The van der Waals surface area contributed by atoms with Gasteiger partial charge in [-0.3, -0.25) is 0 Å². The number of anilines is 2. The summed E-state index contributed by atoms with van der Waals surface area (Å²) in [5.41, 5.74) is 4.26. The number of aliphatic hydroxyl groups is 1. The molecule has 0 aliphatic heterocycles. The average molecular weight is 576 g/mol. The maximum absolute atomic E-state index is 13.5. The SMILES string of the molecule is COCCNCC(O)Cn1ccc(-c2ccc3ncnc(Nc4ccc(OCc5cccc(F)c5)c(Cl)c4)c3c2)c1. The van der Waals surface area contributed by atoms with Crippen LogP contribution in [0.3, 0.4) is 0 Å². The molecule has 8 nitrogen and oxygen atoms in total. The highest BCUT2D eigenvalue weighted by Crippen LogP contribution is 2.32. The lowest BCUT2D eigenvalue weighted by Gasteiger charge is -2.13. The molecular weight excluding hydrogens is 545 g/mol. The van der Waals surface area contributed by atoms with E-state index in [4.69, 9.17) is 21.1 Å². The van der Waals surface area contributed by atoms with Crippen molar-refractivity contribution >= 4 is 34.0 Å². The molecule has 2 heterocycles. The average Bonchev–Trinajstić information content (AvgIpc) is 3.43. The number of nitrogens with one attached hydrogen (secondary N) is 2. The zero-order valence-corrected chi connectivity index (χ0v) is 23.3. The molecule has 3 N–H and O–H groups in total. The van der Waals surface area contributed by atoms with Gasteiger partial charge in [-0.15, -0.1) is 0 Å². The minimum Gasteiger partial charge on any atom is -0.487 e. The lowest BCUT2D eigenvalue weighted by atomic mass is 10.1. The number of hydrogen-bond donors (Lipinski definition) is 3. The van der Waals surface area contributed by atoms with Crippen LogP contribution in [0.2, 0.25) is 5.02 Å². The predicted molar refractivity (Wildman–Crippen MR) is 159 cm³/mol. The molecule has 1 unspecified atom stereocenters. The molecule has 0 radical (unpaired) electrons. The first kappa shape index (κ1) is 28.5. The van der Waals surface area contributed by atoms with Crippen LogP contribution >= 0.6 is 11.6 Å². The van der Waals surface area contributed by atoms with Crippen molar-refractivity contribution in [3.63, 3.8) is 0 Å². The second-order valence-electron chi connectivity index (χ2n) is 9.59. The Labute approximate surface area is 242 Å². The summed E-state index contributed by atoms with van der Waals surface area (Å²) >= 11 is 6.50. The van der Waals surface area contributed by atoms with E-state index in [0.29, 0.717) is 48.4 Å². The number of nitrogens with zero attached hydrogens (tertiary/aromatic N) is 3. The van der Waals surface area contributed by atoms with Crippen molar-refractivity contribution in [3.8, 4) is 16.9 Å². The van der Waals surface area contributed by atoms with Gasteiger partial charge in [-0.1, -0.05) is 29.8 Å². The van der Waals surface area contributed by atoms with Crippen molar-refractivity contribution in [2.75, 3.05) is 32.1 Å². The maximum Gasteiger partial charge on any atom is 0.141 e. The van der Waals surface area contributed by atoms with Crippen LogP contribution in [-0.4, -0.2) is 52.6 Å². The summed E-state index contributed by atoms with van der Waals surface area (Å²) in [6, 6.07) is 19.7. The van der Waals surface area contributed by atoms with Crippen LogP contribution in [0.15, 0.2) is 85.5 Å². The van der Waals surface area contributed by atoms with Gasteiger partial charge in [0.1, 0.15) is 30.3 Å². The molecule has 1 atom stereocenters. The van der Waals surface area contributed by atoms with Crippen LogP contribution in [0.25, 0.3) is 22.0 Å². The molecule has 2 aromatic heterocycles. The second kappa shape index (κ2) is 13.6. The highest BCUT2D eigenvalue weighted by Gasteiger charge is 2.11. The van der Waals surface area contributed by atoms with E-state index in [2.05, 4.69) is 20.6 Å². The van der Waals surface area contributed by atoms with Crippen molar-refractivity contribution in [1.29, 1.82) is 0 Å². The van der Waals surface area contributed by atoms with Crippen LogP contribution < -0.4 is 15.4 Å². The lowest BCUT2D eigenvalue weighted by Crippen LogP contribution is -2.31. The third-order valence-electron chi connectivity index (χ3n) is 6.48. The molecule has 0 aliphatic rings. The van der Waals surface area contributed by atoms with Crippen LogP contribution in [-0.2, 0) is 17.9 Å². The molecule has 0 spiro atoms. The van der Waals surface area contributed by atoms with Gasteiger partial charge in [0.25, 0.3) is 0 Å². The number of aromatic nitrogens is 3. The third kappa shape index (κ3) is 7.59. The van der Waals surface area contributed by atoms with Gasteiger partial charge in [-0.25, -0.2) is 14.4 Å². The van der Waals surface area contributed by atoms with E-state index >= 15 is 0 Å².